The summed E-state index contributed by atoms with van der Waals surface area (Å²) in [6.45, 7) is 7.22. The van der Waals surface area contributed by atoms with E-state index >= 15 is 0 Å². The molecule has 0 fully saturated rings. The fraction of sp³-hybridized carbons (Fsp3) is 0.438. The molecule has 1 aromatic rings. The van der Waals surface area contributed by atoms with Crippen molar-refractivity contribution in [1.82, 2.24) is 0 Å². The van der Waals surface area contributed by atoms with Gasteiger partial charge >= 0.3 is 5.97 Å². The van der Waals surface area contributed by atoms with Gasteiger partial charge in [0.05, 0.1) is 13.2 Å². The van der Waals surface area contributed by atoms with Crippen LogP contribution < -0.4 is 9.47 Å². The summed E-state index contributed by atoms with van der Waals surface area (Å²) in [4.78, 5) is 10.6. The minimum atomic E-state index is -0.986. The molecule has 1 rings (SSSR count). The Morgan fingerprint density at radius 3 is 2.70 bits per heavy atom. The first-order valence-corrected chi connectivity index (χ1v) is 6.88. The molecule has 0 heterocycles. The van der Waals surface area contributed by atoms with Crippen molar-refractivity contribution in [3.05, 3.63) is 29.8 Å². The molecule has 110 valence electrons. The summed E-state index contributed by atoms with van der Waals surface area (Å²) in [5.74, 6) is 0.691. The highest BCUT2D eigenvalue weighted by atomic mass is 16.5. The summed E-state index contributed by atoms with van der Waals surface area (Å²) in [7, 11) is 0. The molecule has 1 atom stereocenters. The molecule has 4 heteroatoms. The van der Waals surface area contributed by atoms with E-state index in [-0.39, 0.29) is 0 Å². The monoisotopic (exact) mass is 278 g/mol. The van der Waals surface area contributed by atoms with Gasteiger partial charge in [-0.25, -0.2) is 4.79 Å². The lowest BCUT2D eigenvalue weighted by Crippen LogP contribution is -2.09. The van der Waals surface area contributed by atoms with Gasteiger partial charge in [0.1, 0.15) is 0 Å². The number of carbonyl (C=O) groups is 1. The molecule has 1 N–H and O–H groups in total. The van der Waals surface area contributed by atoms with Crippen molar-refractivity contribution < 1.29 is 19.4 Å². The lowest BCUT2D eigenvalue weighted by atomic mass is 10.1. The molecule has 1 aromatic carbocycles. The van der Waals surface area contributed by atoms with E-state index in [9.17, 15) is 4.79 Å². The van der Waals surface area contributed by atoms with E-state index in [0.29, 0.717) is 36.2 Å². The molecule has 0 aliphatic carbocycles. The van der Waals surface area contributed by atoms with Gasteiger partial charge in [0.25, 0.3) is 0 Å². The minimum absolute atomic E-state index is 0.431. The zero-order valence-corrected chi connectivity index (χ0v) is 12.3. The van der Waals surface area contributed by atoms with E-state index in [1.165, 1.54) is 6.08 Å². The zero-order chi connectivity index (χ0) is 15.0. The van der Waals surface area contributed by atoms with Gasteiger partial charge in [-0.05, 0) is 25.0 Å². The standard InChI is InChI=1S/C16H22O4/c1-4-12(3)11-20-16-13(9-10-15(17)18)7-6-8-14(16)19-5-2/h6-10,12H,4-5,11H2,1-3H3,(H,17,18). The van der Waals surface area contributed by atoms with Crippen molar-refractivity contribution in [2.24, 2.45) is 5.92 Å². The Hall–Kier alpha value is -1.97. The Morgan fingerprint density at radius 2 is 2.10 bits per heavy atom. The molecule has 4 nitrogen and oxygen atoms in total. The molecule has 0 radical (unpaired) electrons. The highest BCUT2D eigenvalue weighted by Crippen LogP contribution is 2.32. The van der Waals surface area contributed by atoms with Crippen molar-refractivity contribution in [3.8, 4) is 11.5 Å². The van der Waals surface area contributed by atoms with Gasteiger partial charge < -0.3 is 14.6 Å². The van der Waals surface area contributed by atoms with Crippen LogP contribution in [-0.2, 0) is 4.79 Å². The average molecular weight is 278 g/mol. The first kappa shape index (κ1) is 16.1. The van der Waals surface area contributed by atoms with E-state index in [1.54, 1.807) is 0 Å². The number of hydrogen-bond acceptors (Lipinski definition) is 3. The molecule has 1 unspecified atom stereocenters. The first-order valence-electron chi connectivity index (χ1n) is 6.88. The van der Waals surface area contributed by atoms with Crippen LogP contribution in [0.15, 0.2) is 24.3 Å². The number of aliphatic carboxylic acids is 1. The van der Waals surface area contributed by atoms with Crippen LogP contribution in [0.25, 0.3) is 6.08 Å². The van der Waals surface area contributed by atoms with Crippen LogP contribution in [0.1, 0.15) is 32.8 Å². The maximum absolute atomic E-state index is 10.6. The van der Waals surface area contributed by atoms with Gasteiger partial charge in [-0.15, -0.1) is 0 Å². The fourth-order valence-corrected chi connectivity index (χ4v) is 1.59. The summed E-state index contributed by atoms with van der Waals surface area (Å²) in [6.07, 6.45) is 3.65. The van der Waals surface area contributed by atoms with Gasteiger partial charge in [0.2, 0.25) is 0 Å². The number of ether oxygens (including phenoxy) is 2. The van der Waals surface area contributed by atoms with E-state index in [2.05, 4.69) is 13.8 Å². The van der Waals surface area contributed by atoms with Crippen LogP contribution in [0.3, 0.4) is 0 Å². The third-order valence-corrected chi connectivity index (χ3v) is 2.92. The highest BCUT2D eigenvalue weighted by molar-refractivity contribution is 5.86. The third kappa shape index (κ3) is 4.96. The molecule has 0 aliphatic rings. The van der Waals surface area contributed by atoms with Crippen molar-refractivity contribution in [2.75, 3.05) is 13.2 Å². The van der Waals surface area contributed by atoms with Crippen LogP contribution in [0.2, 0.25) is 0 Å². The van der Waals surface area contributed by atoms with Gasteiger partial charge in [0, 0.05) is 11.6 Å². The topological polar surface area (TPSA) is 55.8 Å². The molecule has 0 aromatic heterocycles. The third-order valence-electron chi connectivity index (χ3n) is 2.92. The Morgan fingerprint density at radius 1 is 1.35 bits per heavy atom. The Balaban J connectivity index is 3.02. The predicted molar refractivity (Wildman–Crippen MR) is 79.2 cm³/mol. The minimum Gasteiger partial charge on any atom is -0.490 e. The Labute approximate surface area is 120 Å². The molecule has 0 saturated carbocycles. The summed E-state index contributed by atoms with van der Waals surface area (Å²) in [5.41, 5.74) is 0.710. The van der Waals surface area contributed by atoms with E-state index in [1.807, 2.05) is 25.1 Å². The second-order valence-corrected chi connectivity index (χ2v) is 4.60. The molecule has 0 bridgehead atoms. The van der Waals surface area contributed by atoms with Crippen molar-refractivity contribution in [1.29, 1.82) is 0 Å². The van der Waals surface area contributed by atoms with Gasteiger partial charge in [0.15, 0.2) is 11.5 Å². The second-order valence-electron chi connectivity index (χ2n) is 4.60. The first-order chi connectivity index (χ1) is 9.58. The zero-order valence-electron chi connectivity index (χ0n) is 12.3. The molecular weight excluding hydrogens is 256 g/mol. The lowest BCUT2D eigenvalue weighted by Gasteiger charge is -2.16. The van der Waals surface area contributed by atoms with Gasteiger partial charge in [-0.3, -0.25) is 0 Å². The fourth-order valence-electron chi connectivity index (χ4n) is 1.59. The lowest BCUT2D eigenvalue weighted by molar-refractivity contribution is -0.131. The Kier molecular flexibility index (Phi) is 6.64. The van der Waals surface area contributed by atoms with Gasteiger partial charge in [-0.1, -0.05) is 32.4 Å². The molecule has 0 amide bonds. The van der Waals surface area contributed by atoms with Crippen LogP contribution in [0, 0.1) is 5.92 Å². The number of carboxylic acid groups (broad SMARTS) is 1. The van der Waals surface area contributed by atoms with E-state index in [0.717, 1.165) is 12.5 Å². The molecule has 0 spiro atoms. The number of rotatable bonds is 8. The van der Waals surface area contributed by atoms with Crippen LogP contribution in [-0.4, -0.2) is 24.3 Å². The Bertz CT molecular complexity index is 466. The highest BCUT2D eigenvalue weighted by Gasteiger charge is 2.11. The molecule has 0 saturated heterocycles. The molecule has 0 aliphatic heterocycles. The largest absolute Gasteiger partial charge is 0.490 e. The van der Waals surface area contributed by atoms with Crippen molar-refractivity contribution in [2.45, 2.75) is 27.2 Å². The summed E-state index contributed by atoms with van der Waals surface area (Å²) >= 11 is 0. The summed E-state index contributed by atoms with van der Waals surface area (Å²) in [5, 5.41) is 8.74. The number of benzene rings is 1. The molecule has 20 heavy (non-hydrogen) atoms. The van der Waals surface area contributed by atoms with Crippen LogP contribution >= 0.6 is 0 Å². The predicted octanol–water partition coefficient (Wildman–Crippen LogP) is 3.61. The molecular formula is C16H22O4. The summed E-state index contributed by atoms with van der Waals surface area (Å²) in [6, 6.07) is 5.46. The number of para-hydroxylation sites is 1. The van der Waals surface area contributed by atoms with Crippen LogP contribution in [0.4, 0.5) is 0 Å². The van der Waals surface area contributed by atoms with Crippen molar-refractivity contribution >= 4 is 12.0 Å². The van der Waals surface area contributed by atoms with E-state index < -0.39 is 5.97 Å². The maximum Gasteiger partial charge on any atom is 0.328 e. The van der Waals surface area contributed by atoms with E-state index in [4.69, 9.17) is 14.6 Å². The second kappa shape index (κ2) is 8.25. The van der Waals surface area contributed by atoms with Gasteiger partial charge in [-0.2, -0.15) is 0 Å². The van der Waals surface area contributed by atoms with Crippen molar-refractivity contribution in [3.63, 3.8) is 0 Å². The summed E-state index contributed by atoms with van der Waals surface area (Å²) < 4.78 is 11.4. The number of carboxylic acids is 1. The van der Waals surface area contributed by atoms with Crippen LogP contribution in [0.5, 0.6) is 11.5 Å². The maximum atomic E-state index is 10.6. The SMILES string of the molecule is CCOc1cccc(C=CC(=O)O)c1OCC(C)CC. The normalized spacial score (nSPS) is 12.3. The smallest absolute Gasteiger partial charge is 0.328 e. The number of hydrogen-bond donors (Lipinski definition) is 1. The average Bonchev–Trinajstić information content (AvgIpc) is 2.43. The quantitative estimate of drug-likeness (QED) is 0.738.